The van der Waals surface area contributed by atoms with Gasteiger partial charge in [0, 0.05) is 21.5 Å². The molecule has 144 valence electrons. The summed E-state index contributed by atoms with van der Waals surface area (Å²) in [4.78, 5) is 0. The molecule has 1 heteroatoms. The maximum atomic E-state index is 2.43. The monoisotopic (exact) mass is 393 g/mol. The highest BCUT2D eigenvalue weighted by molar-refractivity contribution is 6.23. The van der Waals surface area contributed by atoms with Crippen LogP contribution in [-0.2, 0) is 0 Å². The molecule has 0 spiro atoms. The van der Waals surface area contributed by atoms with Gasteiger partial charge in [0.1, 0.15) is 0 Å². The summed E-state index contributed by atoms with van der Waals surface area (Å²) in [5.41, 5.74) is 8.92. The van der Waals surface area contributed by atoms with Crippen LogP contribution in [0.3, 0.4) is 0 Å². The van der Waals surface area contributed by atoms with Gasteiger partial charge in [-0.15, -0.1) is 0 Å². The quantitative estimate of drug-likeness (QED) is 0.279. The maximum Gasteiger partial charge on any atom is 0.0620 e. The first-order valence-electron chi connectivity index (χ1n) is 10.7. The standard InChI is InChI=1S/C30H19N/c1-2-9-20(10-3-1)22-11-4-5-12-23(22)21-17-18-29-27(19-21)26-15-8-14-25-24-13-6-7-16-28(24)31(29)30(25)26/h1-19H. The normalized spacial score (nSPS) is 11.9. The zero-order valence-corrected chi connectivity index (χ0v) is 16.9. The lowest BCUT2D eigenvalue weighted by atomic mass is 9.94. The van der Waals surface area contributed by atoms with E-state index in [0.29, 0.717) is 0 Å². The summed E-state index contributed by atoms with van der Waals surface area (Å²) in [6.07, 6.45) is 0. The summed E-state index contributed by atoms with van der Waals surface area (Å²) in [7, 11) is 0. The number of hydrogen-bond acceptors (Lipinski definition) is 0. The Morgan fingerprint density at radius 1 is 0.387 bits per heavy atom. The van der Waals surface area contributed by atoms with Crippen molar-refractivity contribution >= 4 is 38.1 Å². The molecule has 0 aliphatic carbocycles. The number of aromatic nitrogens is 1. The zero-order valence-electron chi connectivity index (χ0n) is 16.9. The Bertz CT molecular complexity index is 1720. The molecule has 1 nitrogen and oxygen atoms in total. The van der Waals surface area contributed by atoms with Gasteiger partial charge < -0.3 is 4.40 Å². The third-order valence-corrected chi connectivity index (χ3v) is 6.55. The zero-order chi connectivity index (χ0) is 20.4. The maximum absolute atomic E-state index is 2.43. The van der Waals surface area contributed by atoms with Crippen molar-refractivity contribution in [1.29, 1.82) is 0 Å². The van der Waals surface area contributed by atoms with Gasteiger partial charge in [0.25, 0.3) is 0 Å². The average molecular weight is 393 g/mol. The van der Waals surface area contributed by atoms with Gasteiger partial charge in [0.2, 0.25) is 0 Å². The number of rotatable bonds is 2. The van der Waals surface area contributed by atoms with E-state index in [0.717, 1.165) is 0 Å². The third kappa shape index (κ3) is 2.26. The van der Waals surface area contributed by atoms with E-state index in [-0.39, 0.29) is 0 Å². The minimum Gasteiger partial charge on any atom is -0.308 e. The van der Waals surface area contributed by atoms with Crippen molar-refractivity contribution in [3.63, 3.8) is 0 Å². The van der Waals surface area contributed by atoms with E-state index in [2.05, 4.69) is 120 Å². The van der Waals surface area contributed by atoms with E-state index >= 15 is 0 Å². The average Bonchev–Trinajstić information content (AvgIpc) is 3.36. The number of fused-ring (bicyclic) bond motifs is 6. The van der Waals surface area contributed by atoms with Crippen LogP contribution in [-0.4, -0.2) is 4.40 Å². The van der Waals surface area contributed by atoms with Gasteiger partial charge >= 0.3 is 0 Å². The summed E-state index contributed by atoms with van der Waals surface area (Å²) in [6, 6.07) is 41.7. The molecule has 2 aromatic heterocycles. The number of para-hydroxylation sites is 2. The molecule has 2 heterocycles. The SMILES string of the molecule is c1ccc(-c2ccccc2-c2ccc3c(c2)c2cccc4c5ccccc5n3c42)cc1. The predicted molar refractivity (Wildman–Crippen MR) is 132 cm³/mol. The van der Waals surface area contributed by atoms with E-state index < -0.39 is 0 Å². The molecule has 5 aromatic carbocycles. The fraction of sp³-hybridized carbons (Fsp3) is 0. The summed E-state index contributed by atoms with van der Waals surface area (Å²) < 4.78 is 2.43. The number of nitrogens with zero attached hydrogens (tertiary/aromatic N) is 1. The van der Waals surface area contributed by atoms with E-state index in [4.69, 9.17) is 0 Å². The van der Waals surface area contributed by atoms with Crippen LogP contribution < -0.4 is 0 Å². The molecule has 31 heavy (non-hydrogen) atoms. The van der Waals surface area contributed by atoms with Crippen LogP contribution in [0, 0.1) is 0 Å². The van der Waals surface area contributed by atoms with Gasteiger partial charge in [0.15, 0.2) is 0 Å². The first-order valence-corrected chi connectivity index (χ1v) is 10.7. The lowest BCUT2D eigenvalue weighted by molar-refractivity contribution is 1.37. The highest BCUT2D eigenvalue weighted by atomic mass is 14.9. The van der Waals surface area contributed by atoms with Crippen LogP contribution in [0.15, 0.2) is 115 Å². The van der Waals surface area contributed by atoms with Gasteiger partial charge in [-0.05, 0) is 40.5 Å². The Labute approximate surface area is 180 Å². The van der Waals surface area contributed by atoms with Gasteiger partial charge in [-0.3, -0.25) is 0 Å². The Hall–Kier alpha value is -4.10. The predicted octanol–water partition coefficient (Wildman–Crippen LogP) is 8.17. The Kier molecular flexibility index (Phi) is 3.33. The molecule has 0 aliphatic heterocycles. The van der Waals surface area contributed by atoms with Crippen molar-refractivity contribution in [1.82, 2.24) is 4.40 Å². The number of hydrogen-bond donors (Lipinski definition) is 0. The molecule has 0 amide bonds. The van der Waals surface area contributed by atoms with Crippen LogP contribution >= 0.6 is 0 Å². The fourth-order valence-corrected chi connectivity index (χ4v) is 5.20. The lowest BCUT2D eigenvalue weighted by Gasteiger charge is -2.10. The minimum atomic E-state index is 1.25. The summed E-state index contributed by atoms with van der Waals surface area (Å²) >= 11 is 0. The van der Waals surface area contributed by atoms with E-state index in [1.54, 1.807) is 0 Å². The molecular weight excluding hydrogens is 374 g/mol. The largest absolute Gasteiger partial charge is 0.308 e. The van der Waals surface area contributed by atoms with Crippen LogP contribution in [0.25, 0.3) is 60.3 Å². The lowest BCUT2D eigenvalue weighted by Crippen LogP contribution is -1.85. The highest BCUT2D eigenvalue weighted by Gasteiger charge is 2.17. The second-order valence-electron chi connectivity index (χ2n) is 8.20. The third-order valence-electron chi connectivity index (χ3n) is 6.55. The minimum absolute atomic E-state index is 1.25. The van der Waals surface area contributed by atoms with E-state index in [9.17, 15) is 0 Å². The van der Waals surface area contributed by atoms with E-state index in [1.807, 2.05) is 0 Å². The molecule has 0 unspecified atom stereocenters. The van der Waals surface area contributed by atoms with Crippen molar-refractivity contribution in [2.75, 3.05) is 0 Å². The molecule has 7 aromatic rings. The van der Waals surface area contributed by atoms with Crippen molar-refractivity contribution in [2.45, 2.75) is 0 Å². The topological polar surface area (TPSA) is 4.41 Å². The molecule has 0 bridgehead atoms. The number of benzene rings is 5. The molecule has 0 N–H and O–H groups in total. The Balaban J connectivity index is 1.56. The van der Waals surface area contributed by atoms with Gasteiger partial charge in [-0.2, -0.15) is 0 Å². The highest BCUT2D eigenvalue weighted by Crippen LogP contribution is 2.41. The van der Waals surface area contributed by atoms with Crippen molar-refractivity contribution in [2.24, 2.45) is 0 Å². The van der Waals surface area contributed by atoms with Crippen LogP contribution in [0.2, 0.25) is 0 Å². The van der Waals surface area contributed by atoms with Crippen LogP contribution in [0.5, 0.6) is 0 Å². The molecule has 0 saturated heterocycles. The van der Waals surface area contributed by atoms with Crippen molar-refractivity contribution < 1.29 is 0 Å². The molecule has 0 radical (unpaired) electrons. The van der Waals surface area contributed by atoms with Crippen molar-refractivity contribution in [3.05, 3.63) is 115 Å². The molecule has 0 atom stereocenters. The molecule has 0 saturated carbocycles. The Morgan fingerprint density at radius 2 is 1.00 bits per heavy atom. The summed E-state index contributed by atoms with van der Waals surface area (Å²) in [5.74, 6) is 0. The molecule has 0 aliphatic rings. The summed E-state index contributed by atoms with van der Waals surface area (Å²) in [6.45, 7) is 0. The van der Waals surface area contributed by atoms with Gasteiger partial charge in [0.05, 0.1) is 16.6 Å². The first kappa shape index (κ1) is 16.7. The smallest absolute Gasteiger partial charge is 0.0620 e. The Morgan fingerprint density at radius 3 is 1.84 bits per heavy atom. The van der Waals surface area contributed by atoms with Crippen molar-refractivity contribution in [3.8, 4) is 22.3 Å². The van der Waals surface area contributed by atoms with E-state index in [1.165, 1.54) is 60.3 Å². The van der Waals surface area contributed by atoms with Crippen LogP contribution in [0.4, 0.5) is 0 Å². The van der Waals surface area contributed by atoms with Crippen LogP contribution in [0.1, 0.15) is 0 Å². The second-order valence-corrected chi connectivity index (χ2v) is 8.20. The van der Waals surface area contributed by atoms with Gasteiger partial charge in [-0.25, -0.2) is 0 Å². The van der Waals surface area contributed by atoms with Gasteiger partial charge in [-0.1, -0.05) is 97.1 Å². The summed E-state index contributed by atoms with van der Waals surface area (Å²) in [5, 5.41) is 5.29. The molecule has 0 fully saturated rings. The fourth-order valence-electron chi connectivity index (χ4n) is 5.20. The molecular formula is C30H19N. The second kappa shape index (κ2) is 6.20. The first-order chi connectivity index (χ1) is 15.4. The molecule has 7 rings (SSSR count).